The van der Waals surface area contributed by atoms with Crippen molar-refractivity contribution in [2.24, 2.45) is 0 Å². The van der Waals surface area contributed by atoms with E-state index >= 15 is 0 Å². The second-order valence-electron chi connectivity index (χ2n) is 13.4. The van der Waals surface area contributed by atoms with Crippen molar-refractivity contribution >= 4 is 54.5 Å². The molecule has 0 amide bonds. The van der Waals surface area contributed by atoms with E-state index in [2.05, 4.69) is 72.8 Å². The minimum atomic E-state index is 0.592. The summed E-state index contributed by atoms with van der Waals surface area (Å²) in [7, 11) is 0. The molecule has 0 radical (unpaired) electrons. The summed E-state index contributed by atoms with van der Waals surface area (Å²) in [6, 6.07) is 57.8. The lowest BCUT2D eigenvalue weighted by atomic mass is 9.96. The van der Waals surface area contributed by atoms with Gasteiger partial charge in [0, 0.05) is 32.8 Å². The molecule has 3 aromatic heterocycles. The van der Waals surface area contributed by atoms with Gasteiger partial charge in [-0.3, -0.25) is 0 Å². The average Bonchev–Trinajstić information content (AvgIpc) is 3.86. The third-order valence-corrected chi connectivity index (χ3v) is 10.1. The van der Waals surface area contributed by atoms with E-state index in [4.69, 9.17) is 29.6 Å². The first-order valence-electron chi connectivity index (χ1n) is 17.8. The zero-order chi connectivity index (χ0) is 35.6. The lowest BCUT2D eigenvalue weighted by Gasteiger charge is -2.11. The lowest BCUT2D eigenvalue weighted by Crippen LogP contribution is -2.00. The number of rotatable bonds is 5. The van der Waals surface area contributed by atoms with Crippen LogP contribution in [0.15, 0.2) is 174 Å². The number of furan rings is 1. The molecule has 3 heterocycles. The molecule has 0 bridgehead atoms. The standard InChI is InChI=1S/C47H28N6O/c1-3-11-30(12-4-1)45-48-46(50-47(49-45)38-18-10-20-41-43(38)37-17-7-8-19-40(37)54-41)34-14-9-13-31(28-34)32-23-25-36-33(27-32)22-21-29-24-26-39-44(42(29)36)52-53(51-39)35-15-5-2-6-16-35/h1-28H. The van der Waals surface area contributed by atoms with E-state index < -0.39 is 0 Å². The highest BCUT2D eigenvalue weighted by atomic mass is 16.3. The third-order valence-electron chi connectivity index (χ3n) is 10.1. The highest BCUT2D eigenvalue weighted by molar-refractivity contribution is 6.18. The van der Waals surface area contributed by atoms with E-state index in [9.17, 15) is 0 Å². The fraction of sp³-hybridized carbons (Fsp3) is 0. The van der Waals surface area contributed by atoms with E-state index in [1.165, 1.54) is 0 Å². The molecule has 11 aromatic rings. The van der Waals surface area contributed by atoms with Crippen LogP contribution in [0, 0.1) is 0 Å². The maximum absolute atomic E-state index is 6.22. The van der Waals surface area contributed by atoms with Gasteiger partial charge in [-0.1, -0.05) is 127 Å². The van der Waals surface area contributed by atoms with Crippen molar-refractivity contribution in [1.82, 2.24) is 29.9 Å². The summed E-state index contributed by atoms with van der Waals surface area (Å²) in [5.41, 5.74) is 9.17. The molecule has 0 fully saturated rings. The molecule has 0 spiro atoms. The Labute approximate surface area is 308 Å². The summed E-state index contributed by atoms with van der Waals surface area (Å²) >= 11 is 0. The smallest absolute Gasteiger partial charge is 0.164 e. The first-order valence-corrected chi connectivity index (χ1v) is 17.8. The number of aromatic nitrogens is 6. The van der Waals surface area contributed by atoms with Crippen LogP contribution in [0.2, 0.25) is 0 Å². The Morgan fingerprint density at radius 2 is 1.07 bits per heavy atom. The van der Waals surface area contributed by atoms with Gasteiger partial charge in [-0.05, 0) is 69.8 Å². The molecule has 54 heavy (non-hydrogen) atoms. The van der Waals surface area contributed by atoms with Gasteiger partial charge < -0.3 is 4.42 Å². The summed E-state index contributed by atoms with van der Waals surface area (Å²) in [5.74, 6) is 1.80. The van der Waals surface area contributed by atoms with Crippen molar-refractivity contribution in [3.05, 3.63) is 170 Å². The van der Waals surface area contributed by atoms with Gasteiger partial charge in [0.15, 0.2) is 17.5 Å². The van der Waals surface area contributed by atoms with Gasteiger partial charge in [0.25, 0.3) is 0 Å². The van der Waals surface area contributed by atoms with E-state index in [1.54, 1.807) is 4.80 Å². The van der Waals surface area contributed by atoms with Gasteiger partial charge in [0.1, 0.15) is 22.2 Å². The number of nitrogens with zero attached hydrogens (tertiary/aromatic N) is 6. The van der Waals surface area contributed by atoms with Crippen LogP contribution < -0.4 is 0 Å². The number of hydrogen-bond acceptors (Lipinski definition) is 6. The van der Waals surface area contributed by atoms with Crippen molar-refractivity contribution in [2.45, 2.75) is 0 Å². The average molecular weight is 693 g/mol. The summed E-state index contributed by atoms with van der Waals surface area (Å²) < 4.78 is 6.22. The summed E-state index contributed by atoms with van der Waals surface area (Å²) in [5, 5.41) is 16.3. The minimum absolute atomic E-state index is 0.592. The monoisotopic (exact) mass is 692 g/mol. The van der Waals surface area contributed by atoms with Crippen LogP contribution >= 0.6 is 0 Å². The van der Waals surface area contributed by atoms with E-state index in [1.807, 2.05) is 97.1 Å². The van der Waals surface area contributed by atoms with Crippen LogP contribution in [-0.2, 0) is 0 Å². The topological polar surface area (TPSA) is 82.5 Å². The molecular weight excluding hydrogens is 665 g/mol. The van der Waals surface area contributed by atoms with Crippen LogP contribution in [0.3, 0.4) is 0 Å². The maximum atomic E-state index is 6.22. The van der Waals surface area contributed by atoms with Crippen LogP contribution in [-0.4, -0.2) is 29.9 Å². The van der Waals surface area contributed by atoms with Crippen LogP contribution in [0.5, 0.6) is 0 Å². The molecule has 0 N–H and O–H groups in total. The molecule has 0 saturated heterocycles. The van der Waals surface area contributed by atoms with Gasteiger partial charge in [-0.15, -0.1) is 10.2 Å². The summed E-state index contributed by atoms with van der Waals surface area (Å²) in [4.78, 5) is 16.9. The number of benzene rings is 8. The molecule has 7 nitrogen and oxygen atoms in total. The lowest BCUT2D eigenvalue weighted by molar-refractivity contribution is 0.669. The Balaban J connectivity index is 1.04. The van der Waals surface area contributed by atoms with Crippen LogP contribution in [0.1, 0.15) is 0 Å². The second-order valence-corrected chi connectivity index (χ2v) is 13.4. The summed E-state index contributed by atoms with van der Waals surface area (Å²) in [6.45, 7) is 0. The third kappa shape index (κ3) is 4.94. The van der Waals surface area contributed by atoms with E-state index in [0.717, 1.165) is 88.0 Å². The number of para-hydroxylation sites is 2. The quantitative estimate of drug-likeness (QED) is 0.167. The molecule has 0 saturated carbocycles. The van der Waals surface area contributed by atoms with Crippen molar-refractivity contribution in [2.75, 3.05) is 0 Å². The van der Waals surface area contributed by atoms with E-state index in [-0.39, 0.29) is 0 Å². The zero-order valence-electron chi connectivity index (χ0n) is 28.8. The van der Waals surface area contributed by atoms with Gasteiger partial charge >= 0.3 is 0 Å². The molecule has 0 atom stereocenters. The number of hydrogen-bond donors (Lipinski definition) is 0. The SMILES string of the molecule is c1ccc(-c2nc(-c3cccc(-c4ccc5c(ccc6ccc7nn(-c8ccccc8)nc7c65)c4)c3)nc(-c3cccc4oc5ccccc5c34)n2)cc1. The first kappa shape index (κ1) is 30.1. The second kappa shape index (κ2) is 12.0. The van der Waals surface area contributed by atoms with Gasteiger partial charge in [0.2, 0.25) is 0 Å². The minimum Gasteiger partial charge on any atom is -0.456 e. The molecule has 0 aliphatic rings. The Morgan fingerprint density at radius 3 is 1.96 bits per heavy atom. The molecule has 7 heteroatoms. The maximum Gasteiger partial charge on any atom is 0.164 e. The van der Waals surface area contributed by atoms with Crippen molar-refractivity contribution in [3.8, 4) is 51.0 Å². The highest BCUT2D eigenvalue weighted by Crippen LogP contribution is 2.38. The predicted molar refractivity (Wildman–Crippen MR) is 216 cm³/mol. The van der Waals surface area contributed by atoms with Gasteiger partial charge in [-0.25, -0.2) is 15.0 Å². The highest BCUT2D eigenvalue weighted by Gasteiger charge is 2.18. The molecule has 11 rings (SSSR count). The Kier molecular flexibility index (Phi) is 6.72. The molecule has 0 aliphatic heterocycles. The normalized spacial score (nSPS) is 11.7. The Hall–Kier alpha value is -7.51. The van der Waals surface area contributed by atoms with E-state index in [0.29, 0.717) is 17.5 Å². The predicted octanol–water partition coefficient (Wildman–Crippen LogP) is 11.5. The molecule has 252 valence electrons. The Bertz CT molecular complexity index is 3220. The van der Waals surface area contributed by atoms with Gasteiger partial charge in [-0.2, -0.15) is 4.80 Å². The van der Waals surface area contributed by atoms with Crippen LogP contribution in [0.4, 0.5) is 0 Å². The molecule has 0 unspecified atom stereocenters. The largest absolute Gasteiger partial charge is 0.456 e. The van der Waals surface area contributed by atoms with Crippen molar-refractivity contribution < 1.29 is 4.42 Å². The fourth-order valence-corrected chi connectivity index (χ4v) is 7.52. The zero-order valence-corrected chi connectivity index (χ0v) is 28.8. The first-order chi connectivity index (χ1) is 26.7. The molecule has 8 aromatic carbocycles. The van der Waals surface area contributed by atoms with Crippen molar-refractivity contribution in [3.63, 3.8) is 0 Å². The fourth-order valence-electron chi connectivity index (χ4n) is 7.52. The van der Waals surface area contributed by atoms with Crippen molar-refractivity contribution in [1.29, 1.82) is 0 Å². The summed E-state index contributed by atoms with van der Waals surface area (Å²) in [6.07, 6.45) is 0. The number of fused-ring (bicyclic) bond motifs is 8. The Morgan fingerprint density at radius 1 is 0.407 bits per heavy atom. The molecule has 0 aliphatic carbocycles. The van der Waals surface area contributed by atoms with Crippen LogP contribution in [0.25, 0.3) is 105 Å². The van der Waals surface area contributed by atoms with Gasteiger partial charge in [0.05, 0.1) is 5.69 Å². The molecular formula is C47H28N6O.